The number of pyridine rings is 1. The Morgan fingerprint density at radius 2 is 1.78 bits per heavy atom. The van der Waals surface area contributed by atoms with Crippen molar-refractivity contribution in [2.75, 3.05) is 23.3 Å². The van der Waals surface area contributed by atoms with Gasteiger partial charge in [-0.1, -0.05) is 0 Å². The Labute approximate surface area is 208 Å². The lowest BCUT2D eigenvalue weighted by atomic mass is 10.1. The smallest absolute Gasteiger partial charge is 0.229 e. The molecule has 3 N–H and O–H groups in total. The van der Waals surface area contributed by atoms with Crippen LogP contribution in [0.2, 0.25) is 0 Å². The minimum Gasteiger partial charge on any atom is -0.370 e. The van der Waals surface area contributed by atoms with Crippen molar-refractivity contribution in [3.63, 3.8) is 0 Å². The molecule has 0 aliphatic carbocycles. The zero-order valence-electron chi connectivity index (χ0n) is 20.9. The normalized spacial score (nSPS) is 14.7. The van der Waals surface area contributed by atoms with Crippen LogP contribution in [0, 0.1) is 25.5 Å². The van der Waals surface area contributed by atoms with Crippen LogP contribution in [-0.4, -0.2) is 43.6 Å². The van der Waals surface area contributed by atoms with Gasteiger partial charge >= 0.3 is 0 Å². The SMILES string of the molecule is Cc1nc(Nc2ncc(F)c(-c3cc(F)c4nc(C)n(C(C)C)c4c3)n2)ccc1N1CCC(N)CC1. The summed E-state index contributed by atoms with van der Waals surface area (Å²) in [5.74, 6) is 0.235. The Balaban J connectivity index is 1.45. The first-order valence-electron chi connectivity index (χ1n) is 12.2. The fourth-order valence-electron chi connectivity index (χ4n) is 4.90. The maximum Gasteiger partial charge on any atom is 0.229 e. The molecule has 5 rings (SSSR count). The Morgan fingerprint density at radius 1 is 1.03 bits per heavy atom. The number of halogens is 2. The van der Waals surface area contributed by atoms with Crippen molar-refractivity contribution in [2.24, 2.45) is 5.73 Å². The summed E-state index contributed by atoms with van der Waals surface area (Å²) in [7, 11) is 0. The Hall–Kier alpha value is -3.66. The molecule has 188 valence electrons. The molecule has 36 heavy (non-hydrogen) atoms. The summed E-state index contributed by atoms with van der Waals surface area (Å²) in [6, 6.07) is 7.15. The molecule has 0 radical (unpaired) electrons. The summed E-state index contributed by atoms with van der Waals surface area (Å²) in [5, 5.41) is 3.06. The molecule has 0 unspecified atom stereocenters. The van der Waals surface area contributed by atoms with Gasteiger partial charge in [-0.3, -0.25) is 0 Å². The Bertz CT molecular complexity index is 1420. The minimum absolute atomic E-state index is 0.000423. The van der Waals surface area contributed by atoms with Crippen LogP contribution in [-0.2, 0) is 0 Å². The lowest BCUT2D eigenvalue weighted by Gasteiger charge is -2.32. The number of piperidine rings is 1. The molecule has 1 aliphatic heterocycles. The second kappa shape index (κ2) is 9.42. The van der Waals surface area contributed by atoms with Crippen LogP contribution in [0.5, 0.6) is 0 Å². The van der Waals surface area contributed by atoms with Gasteiger partial charge in [0.15, 0.2) is 11.6 Å². The molecular weight excluding hydrogens is 462 g/mol. The number of nitrogens with one attached hydrogen (secondary N) is 1. The highest BCUT2D eigenvalue weighted by Gasteiger charge is 2.20. The van der Waals surface area contributed by atoms with E-state index in [1.165, 1.54) is 6.07 Å². The zero-order chi connectivity index (χ0) is 25.6. The number of imidazole rings is 1. The van der Waals surface area contributed by atoms with Crippen molar-refractivity contribution in [1.82, 2.24) is 24.5 Å². The van der Waals surface area contributed by atoms with Crippen LogP contribution < -0.4 is 16.0 Å². The van der Waals surface area contributed by atoms with Crippen molar-refractivity contribution >= 4 is 28.5 Å². The highest BCUT2D eigenvalue weighted by atomic mass is 19.1. The number of nitrogens with two attached hydrogens (primary N) is 1. The van der Waals surface area contributed by atoms with Crippen molar-refractivity contribution < 1.29 is 8.78 Å². The molecule has 10 heteroatoms. The molecule has 3 aromatic heterocycles. The van der Waals surface area contributed by atoms with Crippen molar-refractivity contribution in [2.45, 2.75) is 52.6 Å². The lowest BCUT2D eigenvalue weighted by molar-refractivity contribution is 0.500. The van der Waals surface area contributed by atoms with Gasteiger partial charge in [0.25, 0.3) is 0 Å². The van der Waals surface area contributed by atoms with E-state index in [-0.39, 0.29) is 29.2 Å². The molecule has 1 fully saturated rings. The topological polar surface area (TPSA) is 97.8 Å². The van der Waals surface area contributed by atoms with E-state index in [2.05, 4.69) is 30.2 Å². The van der Waals surface area contributed by atoms with Crippen LogP contribution in [0.15, 0.2) is 30.5 Å². The van der Waals surface area contributed by atoms with Gasteiger partial charge in [-0.2, -0.15) is 0 Å². The Kier molecular flexibility index (Phi) is 6.29. The lowest BCUT2D eigenvalue weighted by Crippen LogP contribution is -2.40. The number of nitrogens with zero attached hydrogens (tertiary/aromatic N) is 6. The molecule has 0 bridgehead atoms. The number of rotatable bonds is 5. The number of hydrogen-bond acceptors (Lipinski definition) is 7. The largest absolute Gasteiger partial charge is 0.370 e. The van der Waals surface area contributed by atoms with E-state index in [0.717, 1.165) is 43.5 Å². The minimum atomic E-state index is -0.644. The van der Waals surface area contributed by atoms with E-state index in [0.29, 0.717) is 22.7 Å². The van der Waals surface area contributed by atoms with Crippen molar-refractivity contribution in [3.8, 4) is 11.3 Å². The monoisotopic (exact) mass is 492 g/mol. The number of fused-ring (bicyclic) bond motifs is 1. The number of hydrogen-bond donors (Lipinski definition) is 2. The first-order valence-corrected chi connectivity index (χ1v) is 12.2. The molecule has 0 spiro atoms. The molecule has 8 nitrogen and oxygen atoms in total. The summed E-state index contributed by atoms with van der Waals surface area (Å²) in [4.78, 5) is 19.7. The zero-order valence-corrected chi connectivity index (χ0v) is 20.9. The van der Waals surface area contributed by atoms with Crippen LogP contribution in [0.3, 0.4) is 0 Å². The summed E-state index contributed by atoms with van der Waals surface area (Å²) in [6.45, 7) is 9.56. The highest BCUT2D eigenvalue weighted by Crippen LogP contribution is 2.31. The number of anilines is 3. The average molecular weight is 493 g/mol. The third kappa shape index (κ3) is 4.48. The molecular formula is C26H30F2N8. The van der Waals surface area contributed by atoms with E-state index in [1.54, 1.807) is 6.07 Å². The van der Waals surface area contributed by atoms with E-state index in [4.69, 9.17) is 5.73 Å². The maximum atomic E-state index is 14.9. The summed E-state index contributed by atoms with van der Waals surface area (Å²) >= 11 is 0. The molecule has 4 aromatic rings. The first kappa shape index (κ1) is 24.1. The van der Waals surface area contributed by atoms with Gasteiger partial charge in [-0.05, 0) is 64.8 Å². The van der Waals surface area contributed by atoms with Gasteiger partial charge in [0, 0.05) is 30.7 Å². The number of aryl methyl sites for hydroxylation is 2. The van der Waals surface area contributed by atoms with Crippen LogP contribution in [0.4, 0.5) is 26.2 Å². The van der Waals surface area contributed by atoms with Crippen LogP contribution in [0.25, 0.3) is 22.3 Å². The predicted octanol–water partition coefficient (Wildman–Crippen LogP) is 5.04. The van der Waals surface area contributed by atoms with Gasteiger partial charge < -0.3 is 20.5 Å². The fourth-order valence-corrected chi connectivity index (χ4v) is 4.90. The molecule has 0 saturated carbocycles. The van der Waals surface area contributed by atoms with Crippen LogP contribution >= 0.6 is 0 Å². The van der Waals surface area contributed by atoms with Gasteiger partial charge in [0.1, 0.15) is 22.9 Å². The fraction of sp³-hybridized carbons (Fsp3) is 0.385. The van der Waals surface area contributed by atoms with Gasteiger partial charge in [0.2, 0.25) is 5.95 Å². The second-order valence-electron chi connectivity index (χ2n) is 9.59. The standard InChI is InChI=1S/C26H30F2N8/c1-14(2)36-16(4)32-25-19(27)11-17(12-22(25)36)24-20(28)13-30-26(34-24)33-23-6-5-21(15(3)31-23)35-9-7-18(29)8-10-35/h5-6,11-14,18H,7-10,29H2,1-4H3,(H,30,31,33,34). The third-order valence-corrected chi connectivity index (χ3v) is 6.64. The average Bonchev–Trinajstić information content (AvgIpc) is 3.18. The molecule has 0 atom stereocenters. The van der Waals surface area contributed by atoms with Gasteiger partial charge in [-0.25, -0.2) is 28.7 Å². The molecule has 0 amide bonds. The molecule has 1 saturated heterocycles. The van der Waals surface area contributed by atoms with Gasteiger partial charge in [0.05, 0.1) is 23.1 Å². The third-order valence-electron chi connectivity index (χ3n) is 6.64. The summed E-state index contributed by atoms with van der Waals surface area (Å²) in [5.41, 5.74) is 9.12. The van der Waals surface area contributed by atoms with Crippen molar-refractivity contribution in [1.29, 1.82) is 0 Å². The number of aromatic nitrogens is 5. The number of benzene rings is 1. The quantitative estimate of drug-likeness (QED) is 0.403. The first-order chi connectivity index (χ1) is 17.2. The van der Waals surface area contributed by atoms with Gasteiger partial charge in [-0.15, -0.1) is 0 Å². The predicted molar refractivity (Wildman–Crippen MR) is 137 cm³/mol. The summed E-state index contributed by atoms with van der Waals surface area (Å²) < 4.78 is 31.7. The van der Waals surface area contributed by atoms with E-state index >= 15 is 0 Å². The Morgan fingerprint density at radius 3 is 2.47 bits per heavy atom. The molecule has 4 heterocycles. The maximum absolute atomic E-state index is 14.9. The molecule has 1 aromatic carbocycles. The molecule has 1 aliphatic rings. The summed E-state index contributed by atoms with van der Waals surface area (Å²) in [6.07, 6.45) is 2.99. The highest BCUT2D eigenvalue weighted by molar-refractivity contribution is 5.83. The second-order valence-corrected chi connectivity index (χ2v) is 9.59. The van der Waals surface area contributed by atoms with E-state index in [1.807, 2.05) is 44.4 Å². The van der Waals surface area contributed by atoms with E-state index in [9.17, 15) is 8.78 Å². The van der Waals surface area contributed by atoms with E-state index < -0.39 is 11.6 Å². The van der Waals surface area contributed by atoms with Crippen LogP contribution in [0.1, 0.15) is 44.2 Å². The van der Waals surface area contributed by atoms with Crippen molar-refractivity contribution in [3.05, 3.63) is 53.6 Å².